The fraction of sp³-hybridized carbons (Fsp3) is 0.680. The maximum atomic E-state index is 17.3. The van der Waals surface area contributed by atoms with Crippen molar-refractivity contribution in [2.24, 2.45) is 22.7 Å². The number of carboxylic acid groups (broad SMARTS) is 2. The van der Waals surface area contributed by atoms with E-state index in [1.165, 1.54) is 13.8 Å². The number of hydrogen-bond acceptors (Lipinski definition) is 8. The molecule has 6 N–H and O–H groups in total. The van der Waals surface area contributed by atoms with Crippen LogP contribution in [0.1, 0.15) is 46.0 Å². The van der Waals surface area contributed by atoms with Crippen molar-refractivity contribution in [2.45, 2.75) is 81.2 Å². The number of aliphatic carboxylic acids is 2. The molecule has 0 aromatic carbocycles. The predicted molar refractivity (Wildman–Crippen MR) is 124 cm³/mol. The molecule has 4 aliphatic rings. The number of fused-ring (bicyclic) bond motifs is 5. The van der Waals surface area contributed by atoms with Gasteiger partial charge in [0.15, 0.2) is 22.8 Å². The number of rotatable bonds is 6. The van der Waals surface area contributed by atoms with Crippen molar-refractivity contribution in [3.05, 3.63) is 22.8 Å². The molecule has 0 saturated heterocycles. The summed E-state index contributed by atoms with van der Waals surface area (Å²) < 4.78 is 33.0. The average molecular weight is 563 g/mol. The van der Waals surface area contributed by atoms with Crippen molar-refractivity contribution in [3.8, 4) is 0 Å². The van der Waals surface area contributed by atoms with Crippen LogP contribution >= 0.6 is 11.6 Å². The number of hydrogen-bond donors (Lipinski definition) is 6. The van der Waals surface area contributed by atoms with E-state index in [0.29, 0.717) is 0 Å². The topological polar surface area (TPSA) is 190 Å². The summed E-state index contributed by atoms with van der Waals surface area (Å²) in [6.45, 7) is 2.45. The van der Waals surface area contributed by atoms with Gasteiger partial charge in [0.05, 0.1) is 24.0 Å². The Morgan fingerprint density at radius 1 is 1.13 bits per heavy atom. The lowest BCUT2D eigenvalue weighted by Gasteiger charge is -2.63. The minimum absolute atomic E-state index is 0.254. The van der Waals surface area contributed by atoms with Crippen molar-refractivity contribution >= 4 is 35.1 Å². The third-order valence-electron chi connectivity index (χ3n) is 9.61. The molecule has 3 fully saturated rings. The van der Waals surface area contributed by atoms with Crippen LogP contribution in [-0.4, -0.2) is 89.4 Å². The molecule has 4 aliphatic carbocycles. The predicted octanol–water partition coefficient (Wildman–Crippen LogP) is 0.823. The van der Waals surface area contributed by atoms with Gasteiger partial charge in [-0.3, -0.25) is 19.2 Å². The number of aliphatic hydroxyl groups is 4. The van der Waals surface area contributed by atoms with Crippen LogP contribution in [-0.2, 0) is 19.2 Å². The molecular formula is C25H29ClF2O10. The van der Waals surface area contributed by atoms with Crippen LogP contribution in [0.5, 0.6) is 0 Å². The van der Waals surface area contributed by atoms with Crippen molar-refractivity contribution < 1.29 is 58.6 Å². The number of carbonyl (C=O) groups is 4. The van der Waals surface area contributed by atoms with Gasteiger partial charge < -0.3 is 30.6 Å². The molecule has 13 heteroatoms. The van der Waals surface area contributed by atoms with Crippen molar-refractivity contribution in [1.29, 1.82) is 0 Å². The highest BCUT2D eigenvalue weighted by atomic mass is 35.5. The third-order valence-corrected chi connectivity index (χ3v) is 9.90. The second kappa shape index (κ2) is 8.62. The highest BCUT2D eigenvalue weighted by Crippen LogP contribution is 2.72. The number of allylic oxidation sites excluding steroid dienone is 4. The first kappa shape index (κ1) is 28.8. The Labute approximate surface area is 220 Å². The second-order valence-corrected chi connectivity index (χ2v) is 11.9. The zero-order chi connectivity index (χ0) is 28.8. The van der Waals surface area contributed by atoms with E-state index in [4.69, 9.17) is 16.7 Å². The third kappa shape index (κ3) is 3.43. The lowest BCUT2D eigenvalue weighted by atomic mass is 9.44. The monoisotopic (exact) mass is 562 g/mol. The molecule has 0 aliphatic heterocycles. The maximum absolute atomic E-state index is 17.3. The summed E-state index contributed by atoms with van der Waals surface area (Å²) in [5, 5.41) is 63.2. The Balaban J connectivity index is 1.92. The van der Waals surface area contributed by atoms with Crippen molar-refractivity contribution in [3.63, 3.8) is 0 Å². The molecule has 38 heavy (non-hydrogen) atoms. The first-order valence-electron chi connectivity index (χ1n) is 12.1. The van der Waals surface area contributed by atoms with Crippen LogP contribution in [0.4, 0.5) is 8.78 Å². The summed E-state index contributed by atoms with van der Waals surface area (Å²) in [6, 6.07) is 0. The number of carboxylic acids is 2. The molecule has 0 heterocycles. The van der Waals surface area contributed by atoms with E-state index in [0.717, 1.165) is 12.2 Å². The molecule has 0 aromatic rings. The van der Waals surface area contributed by atoms with Crippen LogP contribution in [0.15, 0.2) is 22.8 Å². The Hall–Kier alpha value is -2.25. The summed E-state index contributed by atoms with van der Waals surface area (Å²) in [4.78, 5) is 48.4. The normalized spacial score (nSPS) is 46.7. The van der Waals surface area contributed by atoms with E-state index in [1.54, 1.807) is 0 Å². The lowest BCUT2D eigenvalue weighted by molar-refractivity contribution is -0.236. The summed E-state index contributed by atoms with van der Waals surface area (Å²) in [5.41, 5.74) is -12.9. The number of Topliss-reactive ketones (excluding diaryl/α,β-unsaturated/α-hetero) is 1. The molecule has 0 radical (unpaired) electrons. The molecule has 0 aromatic heterocycles. The Morgan fingerprint density at radius 3 is 2.29 bits per heavy atom. The summed E-state index contributed by atoms with van der Waals surface area (Å²) >= 11 is 6.00. The van der Waals surface area contributed by atoms with Gasteiger partial charge in [0, 0.05) is 16.7 Å². The SMILES string of the molecule is C[C@]12C=C(Cl)C(=O)C=C1[C@H](F)C[C@H]1[C@@H]3C[C@](O)(CC(=O)O)[C@](O)(C(=O)C(O)CC(=O)O)[C@@]3(C)C[C@H](O)[C@@]12F. The molecule has 210 valence electrons. The first-order chi connectivity index (χ1) is 17.3. The summed E-state index contributed by atoms with van der Waals surface area (Å²) in [5.74, 6) is -8.49. The van der Waals surface area contributed by atoms with Crippen LogP contribution in [0.3, 0.4) is 0 Å². The van der Waals surface area contributed by atoms with E-state index in [2.05, 4.69) is 0 Å². The molecular weight excluding hydrogens is 534 g/mol. The quantitative estimate of drug-likeness (QED) is 0.270. The molecule has 4 rings (SSSR count). The fourth-order valence-corrected chi connectivity index (χ4v) is 8.18. The molecule has 0 amide bonds. The minimum Gasteiger partial charge on any atom is -0.481 e. The molecule has 1 unspecified atom stereocenters. The first-order valence-corrected chi connectivity index (χ1v) is 12.4. The minimum atomic E-state index is -3.15. The maximum Gasteiger partial charge on any atom is 0.306 e. The van der Waals surface area contributed by atoms with E-state index in [1.807, 2.05) is 0 Å². The fourth-order valence-electron chi connectivity index (χ4n) is 7.90. The van der Waals surface area contributed by atoms with Crippen molar-refractivity contribution in [1.82, 2.24) is 0 Å². The van der Waals surface area contributed by atoms with Gasteiger partial charge >= 0.3 is 11.9 Å². The number of carbonyl (C=O) groups excluding carboxylic acids is 2. The van der Waals surface area contributed by atoms with E-state index < -0.39 is 119 Å². The summed E-state index contributed by atoms with van der Waals surface area (Å²) in [7, 11) is 0. The van der Waals surface area contributed by atoms with Gasteiger partial charge in [-0.1, -0.05) is 18.5 Å². The van der Waals surface area contributed by atoms with Crippen LogP contribution in [0.2, 0.25) is 0 Å². The van der Waals surface area contributed by atoms with Gasteiger partial charge in [-0.15, -0.1) is 0 Å². The standard InChI is InChI=1S/C25H29ClF2O10/c1-21-7-13(26)15(29)4-11(21)14(27)3-10-12-6-23(37,9-19(34)35)25(38,20(36)16(30)5-18(32)33)22(12,2)8-17(31)24(10,21)28/h4,7,10,12,14,16-17,30-31,37-38H,3,5-6,8-9H2,1-2H3,(H,32,33)(H,34,35)/t10-,12-,14+,16?,17-,21-,22-,23-,24-,25-/m0/s1. The number of halogens is 3. The molecule has 0 bridgehead atoms. The van der Waals surface area contributed by atoms with Crippen molar-refractivity contribution in [2.75, 3.05) is 0 Å². The number of ketones is 2. The van der Waals surface area contributed by atoms with Gasteiger partial charge in [0.25, 0.3) is 0 Å². The van der Waals surface area contributed by atoms with Crippen LogP contribution in [0, 0.1) is 22.7 Å². The largest absolute Gasteiger partial charge is 0.481 e. The zero-order valence-electron chi connectivity index (χ0n) is 20.5. The van der Waals surface area contributed by atoms with E-state index >= 15 is 8.78 Å². The van der Waals surface area contributed by atoms with Gasteiger partial charge in [-0.2, -0.15) is 0 Å². The van der Waals surface area contributed by atoms with E-state index in [9.17, 15) is 44.7 Å². The molecule has 10 nitrogen and oxygen atoms in total. The van der Waals surface area contributed by atoms with Gasteiger partial charge in [-0.05, 0) is 49.8 Å². The molecule has 3 saturated carbocycles. The molecule has 10 atom stereocenters. The highest BCUT2D eigenvalue weighted by molar-refractivity contribution is 6.44. The number of alkyl halides is 2. The Morgan fingerprint density at radius 2 is 1.74 bits per heavy atom. The highest BCUT2D eigenvalue weighted by Gasteiger charge is 2.81. The number of aliphatic hydroxyl groups excluding tert-OH is 2. The lowest BCUT2D eigenvalue weighted by Crippen LogP contribution is -2.72. The van der Waals surface area contributed by atoms with E-state index in [-0.39, 0.29) is 5.57 Å². The Bertz CT molecular complexity index is 1190. The summed E-state index contributed by atoms with van der Waals surface area (Å²) in [6.07, 6.45) is -9.01. The van der Waals surface area contributed by atoms with Crippen LogP contribution < -0.4 is 0 Å². The van der Waals surface area contributed by atoms with Gasteiger partial charge in [0.1, 0.15) is 17.9 Å². The Kier molecular flexibility index (Phi) is 6.52. The van der Waals surface area contributed by atoms with Crippen LogP contribution in [0.25, 0.3) is 0 Å². The smallest absolute Gasteiger partial charge is 0.306 e. The van der Waals surface area contributed by atoms with Gasteiger partial charge in [0.2, 0.25) is 0 Å². The molecule has 0 spiro atoms. The zero-order valence-corrected chi connectivity index (χ0v) is 21.3. The van der Waals surface area contributed by atoms with Gasteiger partial charge in [-0.25, -0.2) is 8.78 Å². The average Bonchev–Trinajstić information content (AvgIpc) is 2.95. The second-order valence-electron chi connectivity index (χ2n) is 11.5.